The maximum atomic E-state index is 6.08. The summed E-state index contributed by atoms with van der Waals surface area (Å²) in [4.78, 5) is 0. The third kappa shape index (κ3) is 3.05. The first-order valence-corrected chi connectivity index (χ1v) is 6.66. The van der Waals surface area contributed by atoms with Gasteiger partial charge in [0.05, 0.1) is 6.54 Å². The molecule has 0 fully saturated rings. The van der Waals surface area contributed by atoms with Gasteiger partial charge in [-0.2, -0.15) is 5.10 Å². The highest BCUT2D eigenvalue weighted by Gasteiger charge is 2.06. The van der Waals surface area contributed by atoms with Crippen LogP contribution in [0, 0.1) is 11.7 Å². The normalized spacial score (nSPS) is 10.4. The quantitative estimate of drug-likeness (QED) is 0.653. The van der Waals surface area contributed by atoms with Crippen molar-refractivity contribution >= 4 is 29.5 Å². The van der Waals surface area contributed by atoms with E-state index in [1.165, 1.54) is 0 Å². The van der Waals surface area contributed by atoms with Gasteiger partial charge in [-0.1, -0.05) is 23.7 Å². The van der Waals surface area contributed by atoms with E-state index >= 15 is 0 Å². The Labute approximate surface area is 122 Å². The van der Waals surface area contributed by atoms with Crippen molar-refractivity contribution in [1.82, 2.24) is 14.8 Å². The number of hydrogen-bond acceptors (Lipinski definition) is 3. The van der Waals surface area contributed by atoms with Gasteiger partial charge in [0, 0.05) is 17.3 Å². The first-order chi connectivity index (χ1) is 9.13. The van der Waals surface area contributed by atoms with Crippen molar-refractivity contribution < 1.29 is 0 Å². The van der Waals surface area contributed by atoms with Gasteiger partial charge in [0.15, 0.2) is 10.6 Å². The van der Waals surface area contributed by atoms with Gasteiger partial charge < -0.3 is 5.32 Å². The number of halogens is 1. The van der Waals surface area contributed by atoms with Crippen molar-refractivity contribution in [1.29, 1.82) is 0 Å². The molecular weight excluding hydrogens is 280 g/mol. The molecule has 2 N–H and O–H groups in total. The van der Waals surface area contributed by atoms with Crippen molar-refractivity contribution in [2.45, 2.75) is 20.0 Å². The number of aromatic amines is 1. The van der Waals surface area contributed by atoms with Gasteiger partial charge in [0.1, 0.15) is 0 Å². The van der Waals surface area contributed by atoms with E-state index in [0.717, 1.165) is 22.1 Å². The van der Waals surface area contributed by atoms with Gasteiger partial charge in [0.25, 0.3) is 0 Å². The molecule has 0 aliphatic carbocycles. The van der Waals surface area contributed by atoms with E-state index in [0.29, 0.717) is 17.9 Å². The lowest BCUT2D eigenvalue weighted by atomic mass is 10.2. The predicted octanol–water partition coefficient (Wildman–Crippen LogP) is 3.70. The average Bonchev–Trinajstić information content (AvgIpc) is 2.74. The summed E-state index contributed by atoms with van der Waals surface area (Å²) in [5.41, 5.74) is 2.01. The van der Waals surface area contributed by atoms with Crippen LogP contribution in [0.4, 0.5) is 5.69 Å². The molecule has 1 heterocycles. The summed E-state index contributed by atoms with van der Waals surface area (Å²) in [5.74, 6) is 0.837. The molecule has 2 aromatic rings. The zero-order valence-corrected chi connectivity index (χ0v) is 12.2. The van der Waals surface area contributed by atoms with Crippen molar-refractivity contribution in [3.8, 4) is 0 Å². The number of rotatable bonds is 5. The first kappa shape index (κ1) is 13.8. The van der Waals surface area contributed by atoms with Crippen molar-refractivity contribution in [2.75, 3.05) is 5.32 Å². The van der Waals surface area contributed by atoms with Crippen LogP contribution in [0.2, 0.25) is 5.02 Å². The smallest absolute Gasteiger partial charge is 0.195 e. The second-order valence-corrected chi connectivity index (χ2v) is 4.90. The molecular formula is C13H15ClN4S. The minimum Gasteiger partial charge on any atom is -0.377 e. The monoisotopic (exact) mass is 294 g/mol. The summed E-state index contributed by atoms with van der Waals surface area (Å²) in [5, 5.41) is 11.0. The van der Waals surface area contributed by atoms with E-state index in [9.17, 15) is 0 Å². The summed E-state index contributed by atoms with van der Waals surface area (Å²) < 4.78 is 2.49. The van der Waals surface area contributed by atoms with Crippen LogP contribution in [0.1, 0.15) is 11.4 Å². The van der Waals surface area contributed by atoms with Gasteiger partial charge in [-0.25, -0.2) is 0 Å². The Morgan fingerprint density at radius 2 is 2.37 bits per heavy atom. The van der Waals surface area contributed by atoms with E-state index in [1.807, 2.05) is 29.7 Å². The van der Waals surface area contributed by atoms with Crippen LogP contribution in [-0.2, 0) is 13.1 Å². The summed E-state index contributed by atoms with van der Waals surface area (Å²) in [7, 11) is 0. The fourth-order valence-corrected chi connectivity index (χ4v) is 2.18. The summed E-state index contributed by atoms with van der Waals surface area (Å²) in [6, 6.07) is 5.77. The van der Waals surface area contributed by atoms with Gasteiger partial charge >= 0.3 is 0 Å². The third-order valence-corrected chi connectivity index (χ3v) is 3.57. The second kappa shape index (κ2) is 6.04. The minimum atomic E-state index is 0.572. The number of hydrogen-bond donors (Lipinski definition) is 2. The number of benzene rings is 1. The molecule has 0 aliphatic heterocycles. The topological polar surface area (TPSA) is 45.6 Å². The number of nitrogens with one attached hydrogen (secondary N) is 2. The molecule has 2 rings (SSSR count). The van der Waals surface area contributed by atoms with Crippen LogP contribution in [0.3, 0.4) is 0 Å². The predicted molar refractivity (Wildman–Crippen MR) is 81.1 cm³/mol. The lowest BCUT2D eigenvalue weighted by Gasteiger charge is -2.10. The molecule has 0 unspecified atom stereocenters. The standard InChI is InChI=1S/C13H15ClN4S/c1-3-7-18-12(16-17-13(18)19)8-15-11-6-4-5-10(14)9(11)2/h3-6,15H,1,7-8H2,2H3,(H,17,19). The average molecular weight is 295 g/mol. The Bertz CT molecular complexity index is 644. The number of anilines is 1. The maximum Gasteiger partial charge on any atom is 0.195 e. The first-order valence-electron chi connectivity index (χ1n) is 5.87. The highest BCUT2D eigenvalue weighted by Crippen LogP contribution is 2.23. The molecule has 19 heavy (non-hydrogen) atoms. The molecule has 1 aromatic heterocycles. The van der Waals surface area contributed by atoms with Crippen molar-refractivity contribution in [3.05, 3.63) is 52.0 Å². The summed E-state index contributed by atoms with van der Waals surface area (Å²) >= 11 is 11.2. The third-order valence-electron chi connectivity index (χ3n) is 2.85. The van der Waals surface area contributed by atoms with Crippen LogP contribution < -0.4 is 5.32 Å². The zero-order valence-electron chi connectivity index (χ0n) is 10.6. The summed E-state index contributed by atoms with van der Waals surface area (Å²) in [6.07, 6.45) is 1.79. The number of H-pyrrole nitrogens is 1. The van der Waals surface area contributed by atoms with Crippen LogP contribution in [0.25, 0.3) is 0 Å². The SMILES string of the molecule is C=CCn1c(CNc2cccc(Cl)c2C)n[nH]c1=S. The van der Waals surface area contributed by atoms with Crippen molar-refractivity contribution in [3.63, 3.8) is 0 Å². The Morgan fingerprint density at radius 3 is 3.11 bits per heavy atom. The number of nitrogens with zero attached hydrogens (tertiary/aromatic N) is 2. The molecule has 0 aliphatic rings. The van der Waals surface area contributed by atoms with E-state index in [1.54, 1.807) is 6.08 Å². The number of allylic oxidation sites excluding steroid dienone is 1. The molecule has 100 valence electrons. The molecule has 0 radical (unpaired) electrons. The van der Waals surface area contributed by atoms with E-state index in [4.69, 9.17) is 23.8 Å². The number of aromatic nitrogens is 3. The van der Waals surface area contributed by atoms with Crippen LogP contribution in [0.15, 0.2) is 30.9 Å². The van der Waals surface area contributed by atoms with E-state index in [2.05, 4.69) is 22.1 Å². The Morgan fingerprint density at radius 1 is 1.58 bits per heavy atom. The van der Waals surface area contributed by atoms with Crippen LogP contribution in [-0.4, -0.2) is 14.8 Å². The molecule has 0 spiro atoms. The highest BCUT2D eigenvalue weighted by molar-refractivity contribution is 7.71. The largest absolute Gasteiger partial charge is 0.377 e. The Balaban J connectivity index is 2.17. The van der Waals surface area contributed by atoms with E-state index in [-0.39, 0.29) is 0 Å². The van der Waals surface area contributed by atoms with Crippen LogP contribution >= 0.6 is 23.8 Å². The molecule has 4 nitrogen and oxygen atoms in total. The van der Waals surface area contributed by atoms with Gasteiger partial charge in [-0.05, 0) is 36.8 Å². The Kier molecular flexibility index (Phi) is 4.39. The fraction of sp³-hybridized carbons (Fsp3) is 0.231. The maximum absolute atomic E-state index is 6.08. The lowest BCUT2D eigenvalue weighted by Crippen LogP contribution is -2.09. The lowest BCUT2D eigenvalue weighted by molar-refractivity contribution is 0.743. The zero-order chi connectivity index (χ0) is 13.8. The molecule has 1 aromatic carbocycles. The van der Waals surface area contributed by atoms with Gasteiger partial charge in [-0.3, -0.25) is 9.67 Å². The molecule has 0 atom stereocenters. The van der Waals surface area contributed by atoms with Gasteiger partial charge in [0.2, 0.25) is 0 Å². The van der Waals surface area contributed by atoms with Crippen LogP contribution in [0.5, 0.6) is 0 Å². The molecule has 6 heteroatoms. The summed E-state index contributed by atoms with van der Waals surface area (Å²) in [6.45, 7) is 6.90. The molecule has 0 bridgehead atoms. The van der Waals surface area contributed by atoms with Gasteiger partial charge in [-0.15, -0.1) is 6.58 Å². The van der Waals surface area contributed by atoms with Crippen molar-refractivity contribution in [2.24, 2.45) is 0 Å². The van der Waals surface area contributed by atoms with E-state index < -0.39 is 0 Å². The molecule has 0 saturated carbocycles. The highest BCUT2D eigenvalue weighted by atomic mass is 35.5. The second-order valence-electron chi connectivity index (χ2n) is 4.11. The Hall–Kier alpha value is -1.59. The fourth-order valence-electron chi connectivity index (χ4n) is 1.78. The molecule has 0 amide bonds. The molecule has 0 saturated heterocycles. The minimum absolute atomic E-state index is 0.572.